The number of nitrogens with zero attached hydrogens (tertiary/aromatic N) is 2. The number of hydrogen-bond acceptors (Lipinski definition) is 2. The van der Waals surface area contributed by atoms with E-state index in [-0.39, 0.29) is 11.3 Å². The van der Waals surface area contributed by atoms with Gasteiger partial charge in [-0.15, -0.1) is 0 Å². The zero-order valence-electron chi connectivity index (χ0n) is 13.6. The number of benzene rings is 1. The molecule has 1 saturated heterocycles. The smallest absolute Gasteiger partial charge is 0.228 e. The predicted molar refractivity (Wildman–Crippen MR) is 89.7 cm³/mol. The third-order valence-corrected chi connectivity index (χ3v) is 5.44. The Kier molecular flexibility index (Phi) is 3.49. The number of fused-ring (bicyclic) bond motifs is 1. The average Bonchev–Trinajstić information content (AvgIpc) is 3.10. The lowest BCUT2D eigenvalue weighted by molar-refractivity contribution is -0.130. The first-order chi connectivity index (χ1) is 11.2. The van der Waals surface area contributed by atoms with Crippen molar-refractivity contribution in [3.8, 4) is 0 Å². The third kappa shape index (κ3) is 2.57. The molecule has 4 heteroatoms. The molecule has 0 aliphatic carbocycles. The fourth-order valence-corrected chi connectivity index (χ4v) is 4.02. The monoisotopic (exact) mass is 309 g/mol. The molecule has 1 aromatic heterocycles. The summed E-state index contributed by atoms with van der Waals surface area (Å²) in [4.78, 5) is 15.2. The lowest BCUT2D eigenvalue weighted by Crippen LogP contribution is -2.42. The molecule has 2 aliphatic rings. The molecule has 3 heterocycles. The van der Waals surface area contributed by atoms with Gasteiger partial charge in [0.2, 0.25) is 5.91 Å². The average molecular weight is 309 g/mol. The van der Waals surface area contributed by atoms with Crippen LogP contribution < -0.4 is 5.32 Å². The van der Waals surface area contributed by atoms with Gasteiger partial charge in [0.05, 0.1) is 5.41 Å². The second-order valence-corrected chi connectivity index (χ2v) is 6.98. The summed E-state index contributed by atoms with van der Waals surface area (Å²) in [6.45, 7) is 3.41. The first-order valence-corrected chi connectivity index (χ1v) is 8.34. The van der Waals surface area contributed by atoms with Gasteiger partial charge < -0.3 is 9.88 Å². The highest BCUT2D eigenvalue weighted by Crippen LogP contribution is 2.37. The molecule has 1 atom stereocenters. The van der Waals surface area contributed by atoms with E-state index in [1.807, 2.05) is 0 Å². The van der Waals surface area contributed by atoms with Gasteiger partial charge in [-0.05, 0) is 42.6 Å². The van der Waals surface area contributed by atoms with Crippen molar-refractivity contribution in [2.45, 2.75) is 25.9 Å². The number of rotatable bonds is 2. The van der Waals surface area contributed by atoms with Crippen molar-refractivity contribution in [1.82, 2.24) is 14.8 Å². The van der Waals surface area contributed by atoms with Crippen molar-refractivity contribution in [3.63, 3.8) is 0 Å². The summed E-state index contributed by atoms with van der Waals surface area (Å²) >= 11 is 0. The van der Waals surface area contributed by atoms with Crippen molar-refractivity contribution in [1.29, 1.82) is 0 Å². The molecule has 1 aromatic carbocycles. The Morgan fingerprint density at radius 2 is 2.00 bits per heavy atom. The molecule has 0 saturated carbocycles. The van der Waals surface area contributed by atoms with Gasteiger partial charge in [0.1, 0.15) is 0 Å². The highest BCUT2D eigenvalue weighted by molar-refractivity contribution is 5.84. The first-order valence-electron chi connectivity index (χ1n) is 8.34. The quantitative estimate of drug-likeness (QED) is 0.922. The molecule has 1 spiro atoms. The van der Waals surface area contributed by atoms with Gasteiger partial charge >= 0.3 is 0 Å². The summed E-state index contributed by atoms with van der Waals surface area (Å²) < 4.78 is 2.16. The van der Waals surface area contributed by atoms with Crippen LogP contribution in [-0.4, -0.2) is 28.5 Å². The van der Waals surface area contributed by atoms with Crippen molar-refractivity contribution in [3.05, 3.63) is 59.4 Å². The predicted octanol–water partition coefficient (Wildman–Crippen LogP) is 2.09. The Balaban J connectivity index is 1.56. The second kappa shape index (κ2) is 5.53. The zero-order chi connectivity index (χ0) is 15.9. The highest BCUT2D eigenvalue weighted by Gasteiger charge is 2.45. The molecule has 23 heavy (non-hydrogen) atoms. The maximum atomic E-state index is 12.8. The van der Waals surface area contributed by atoms with Crippen LogP contribution in [-0.2, 0) is 31.4 Å². The minimum absolute atomic E-state index is 0.225. The molecule has 2 aromatic rings. The van der Waals surface area contributed by atoms with E-state index in [0.29, 0.717) is 6.54 Å². The van der Waals surface area contributed by atoms with Crippen LogP contribution in [0.1, 0.15) is 23.2 Å². The summed E-state index contributed by atoms with van der Waals surface area (Å²) in [7, 11) is 2.08. The molecule has 1 amide bonds. The van der Waals surface area contributed by atoms with Gasteiger partial charge in [0, 0.05) is 38.6 Å². The van der Waals surface area contributed by atoms with Crippen molar-refractivity contribution in [2.75, 3.05) is 13.1 Å². The molecule has 0 radical (unpaired) electrons. The van der Waals surface area contributed by atoms with Crippen molar-refractivity contribution in [2.24, 2.45) is 12.5 Å². The second-order valence-electron chi connectivity index (χ2n) is 6.98. The largest absolute Gasteiger partial charge is 0.353 e. The summed E-state index contributed by atoms with van der Waals surface area (Å²) in [5.41, 5.74) is 3.62. The number of hydrogen-bond donors (Lipinski definition) is 1. The summed E-state index contributed by atoms with van der Waals surface area (Å²) in [6.07, 6.45) is 3.88. The zero-order valence-corrected chi connectivity index (χ0v) is 13.6. The van der Waals surface area contributed by atoms with Gasteiger partial charge in [0.15, 0.2) is 0 Å². The third-order valence-electron chi connectivity index (χ3n) is 5.44. The topological polar surface area (TPSA) is 37.3 Å². The number of carbonyl (C=O) groups excluding carboxylic acids is 1. The van der Waals surface area contributed by atoms with Crippen LogP contribution in [0.25, 0.3) is 0 Å². The van der Waals surface area contributed by atoms with Gasteiger partial charge in [0.25, 0.3) is 0 Å². The molecular weight excluding hydrogens is 286 g/mol. The number of aromatic nitrogens is 1. The Labute approximate surface area is 137 Å². The number of likely N-dealkylation sites (tertiary alicyclic amines) is 1. The van der Waals surface area contributed by atoms with Crippen LogP contribution in [0.3, 0.4) is 0 Å². The summed E-state index contributed by atoms with van der Waals surface area (Å²) in [6, 6.07) is 12.7. The fraction of sp³-hybridized carbons (Fsp3) is 0.421. The molecule has 120 valence electrons. The van der Waals surface area contributed by atoms with Gasteiger partial charge in [-0.2, -0.15) is 0 Å². The number of aryl methyl sites for hydroxylation is 1. The van der Waals surface area contributed by atoms with E-state index in [4.69, 9.17) is 0 Å². The number of nitrogens with one attached hydrogen (secondary N) is 1. The van der Waals surface area contributed by atoms with E-state index in [2.05, 4.69) is 64.4 Å². The first kappa shape index (κ1) is 14.5. The fourth-order valence-electron chi connectivity index (χ4n) is 4.02. The maximum Gasteiger partial charge on any atom is 0.228 e. The maximum absolute atomic E-state index is 12.8. The van der Waals surface area contributed by atoms with Gasteiger partial charge in [-0.25, -0.2) is 0 Å². The van der Waals surface area contributed by atoms with E-state index in [9.17, 15) is 4.79 Å². The molecule has 4 nitrogen and oxygen atoms in total. The van der Waals surface area contributed by atoms with Crippen LogP contribution in [0.4, 0.5) is 0 Å². The van der Waals surface area contributed by atoms with Gasteiger partial charge in [-0.1, -0.05) is 24.3 Å². The van der Waals surface area contributed by atoms with E-state index < -0.39 is 0 Å². The van der Waals surface area contributed by atoms with E-state index in [1.54, 1.807) is 0 Å². The Bertz CT molecular complexity index is 736. The minimum Gasteiger partial charge on any atom is -0.353 e. The van der Waals surface area contributed by atoms with Crippen LogP contribution >= 0.6 is 0 Å². The standard InChI is InChI=1S/C19H23N3O/c1-21-9-4-7-17(21)13-22-10-8-19(14-22)11-15-5-2-3-6-16(15)12-20-18(19)23/h2-7,9H,8,10-14H2,1H3,(H,20,23). The molecule has 4 rings (SSSR count). The lowest BCUT2D eigenvalue weighted by atomic mass is 9.80. The van der Waals surface area contributed by atoms with Gasteiger partial charge in [-0.3, -0.25) is 9.69 Å². The van der Waals surface area contributed by atoms with Crippen LogP contribution in [0.5, 0.6) is 0 Å². The SMILES string of the molecule is Cn1cccc1CN1CCC2(Cc3ccccc3CNC2=O)C1. The molecule has 0 bridgehead atoms. The normalized spacial score (nSPS) is 24.5. The lowest BCUT2D eigenvalue weighted by Gasteiger charge is -2.26. The summed E-state index contributed by atoms with van der Waals surface area (Å²) in [5.74, 6) is 0.225. The Hall–Kier alpha value is -2.07. The minimum atomic E-state index is -0.266. The molecule has 1 N–H and O–H groups in total. The van der Waals surface area contributed by atoms with E-state index in [1.165, 1.54) is 16.8 Å². The van der Waals surface area contributed by atoms with Crippen molar-refractivity contribution < 1.29 is 4.79 Å². The summed E-state index contributed by atoms with van der Waals surface area (Å²) in [5, 5.41) is 3.15. The van der Waals surface area contributed by atoms with E-state index >= 15 is 0 Å². The van der Waals surface area contributed by atoms with Crippen molar-refractivity contribution >= 4 is 5.91 Å². The van der Waals surface area contributed by atoms with Crippen LogP contribution in [0, 0.1) is 5.41 Å². The highest BCUT2D eigenvalue weighted by atomic mass is 16.2. The molecular formula is C19H23N3O. The van der Waals surface area contributed by atoms with Crippen LogP contribution in [0.2, 0.25) is 0 Å². The number of carbonyl (C=O) groups is 1. The Morgan fingerprint density at radius 3 is 2.78 bits per heavy atom. The molecule has 2 aliphatic heterocycles. The Morgan fingerprint density at radius 1 is 1.17 bits per heavy atom. The molecule has 1 unspecified atom stereocenters. The van der Waals surface area contributed by atoms with E-state index in [0.717, 1.165) is 32.5 Å². The van der Waals surface area contributed by atoms with Crippen LogP contribution in [0.15, 0.2) is 42.6 Å². The molecule has 1 fully saturated rings. The number of amides is 1.